The molecule has 2 fully saturated rings. The smallest absolute Gasteiger partial charge is 0.00254 e. The fraction of sp³-hybridized carbons (Fsp3) is 0.500. The molecule has 0 aromatic carbocycles. The third-order valence-electron chi connectivity index (χ3n) is 8.76. The van der Waals surface area contributed by atoms with E-state index in [1.54, 1.807) is 27.9 Å². The van der Waals surface area contributed by atoms with Crippen LogP contribution in [0.15, 0.2) is 67.9 Å². The molecule has 0 aromatic heterocycles. The molecule has 0 radical (unpaired) electrons. The quantitative estimate of drug-likeness (QED) is 0.537. The van der Waals surface area contributed by atoms with Crippen LogP contribution in [0.3, 0.4) is 0 Å². The summed E-state index contributed by atoms with van der Waals surface area (Å²) in [4.78, 5) is 0. The first-order chi connectivity index (χ1) is 11.9. The van der Waals surface area contributed by atoms with Gasteiger partial charge in [0.1, 0.15) is 0 Å². The normalized spacial score (nSPS) is 42.3. The summed E-state index contributed by atoms with van der Waals surface area (Å²) in [5.74, 6) is 3.53. The summed E-state index contributed by atoms with van der Waals surface area (Å²) in [7, 11) is 0. The second-order valence-corrected chi connectivity index (χ2v) is 9.42. The third kappa shape index (κ3) is 1.03. The van der Waals surface area contributed by atoms with Gasteiger partial charge in [0, 0.05) is 5.92 Å². The third-order valence-corrected chi connectivity index (χ3v) is 8.76. The van der Waals surface area contributed by atoms with Gasteiger partial charge in [-0.1, -0.05) is 23.3 Å². The van der Waals surface area contributed by atoms with Crippen molar-refractivity contribution in [3.63, 3.8) is 0 Å². The maximum Gasteiger partial charge on any atom is 0.00254 e. The SMILES string of the molecule is C1=CC2=C3CCC4C[C@@H]5CCC6C7=C8C(=C65)C(=C34)C2=C1C[C@H]8CC7. The van der Waals surface area contributed by atoms with E-state index < -0.39 is 0 Å². The largest absolute Gasteiger partial charge is 0.0589 e. The number of allylic oxidation sites excluding steroid dienone is 12. The summed E-state index contributed by atoms with van der Waals surface area (Å²) in [5, 5.41) is 0. The average Bonchev–Trinajstić information content (AvgIpc) is 3.35. The van der Waals surface area contributed by atoms with E-state index >= 15 is 0 Å². The first-order valence-electron chi connectivity index (χ1n) is 10.3. The molecule has 0 bridgehead atoms. The van der Waals surface area contributed by atoms with Gasteiger partial charge < -0.3 is 0 Å². The average molecular weight is 310 g/mol. The summed E-state index contributed by atoms with van der Waals surface area (Å²) in [6.45, 7) is 0. The lowest BCUT2D eigenvalue weighted by molar-refractivity contribution is 0.464. The number of rotatable bonds is 0. The van der Waals surface area contributed by atoms with Crippen molar-refractivity contribution in [2.24, 2.45) is 23.7 Å². The van der Waals surface area contributed by atoms with Gasteiger partial charge >= 0.3 is 0 Å². The molecule has 118 valence electrons. The summed E-state index contributed by atoms with van der Waals surface area (Å²) in [5.41, 5.74) is 18.1. The second-order valence-electron chi connectivity index (χ2n) is 9.42. The van der Waals surface area contributed by atoms with Crippen LogP contribution in [0, 0.1) is 23.7 Å². The van der Waals surface area contributed by atoms with Gasteiger partial charge in [0.05, 0.1) is 0 Å². The van der Waals surface area contributed by atoms with E-state index in [1.807, 2.05) is 27.9 Å². The fourth-order valence-corrected chi connectivity index (χ4v) is 8.14. The molecule has 0 spiro atoms. The van der Waals surface area contributed by atoms with Gasteiger partial charge in [0.2, 0.25) is 0 Å². The molecule has 8 rings (SSSR count). The topological polar surface area (TPSA) is 0 Å². The van der Waals surface area contributed by atoms with Crippen molar-refractivity contribution in [2.75, 3.05) is 0 Å². The zero-order chi connectivity index (χ0) is 15.2. The zero-order valence-corrected chi connectivity index (χ0v) is 14.1. The van der Waals surface area contributed by atoms with Crippen LogP contribution in [0.25, 0.3) is 0 Å². The molecule has 2 unspecified atom stereocenters. The molecule has 0 aliphatic heterocycles. The van der Waals surface area contributed by atoms with Crippen molar-refractivity contribution in [3.05, 3.63) is 67.9 Å². The molecule has 8 aliphatic carbocycles. The lowest BCUT2D eigenvalue weighted by Gasteiger charge is -2.19. The molecule has 0 saturated heterocycles. The maximum absolute atomic E-state index is 2.49. The Balaban J connectivity index is 1.56. The fourth-order valence-electron chi connectivity index (χ4n) is 8.14. The Bertz CT molecular complexity index is 968. The van der Waals surface area contributed by atoms with Crippen LogP contribution >= 0.6 is 0 Å². The number of hydrogen-bond donors (Lipinski definition) is 0. The Morgan fingerprint density at radius 3 is 2.71 bits per heavy atom. The van der Waals surface area contributed by atoms with Crippen molar-refractivity contribution in [2.45, 2.75) is 51.4 Å². The van der Waals surface area contributed by atoms with E-state index in [1.165, 1.54) is 51.4 Å². The summed E-state index contributed by atoms with van der Waals surface area (Å²) < 4.78 is 0. The van der Waals surface area contributed by atoms with E-state index in [9.17, 15) is 0 Å². The molecule has 0 heteroatoms. The van der Waals surface area contributed by atoms with Gasteiger partial charge in [0.15, 0.2) is 0 Å². The molecule has 0 N–H and O–H groups in total. The summed E-state index contributed by atoms with van der Waals surface area (Å²) in [6, 6.07) is 0. The van der Waals surface area contributed by atoms with Gasteiger partial charge in [-0.05, 0) is 114 Å². The van der Waals surface area contributed by atoms with Crippen LogP contribution in [0.2, 0.25) is 0 Å². The zero-order valence-electron chi connectivity index (χ0n) is 14.1. The molecule has 24 heavy (non-hydrogen) atoms. The van der Waals surface area contributed by atoms with Crippen LogP contribution in [0.5, 0.6) is 0 Å². The second kappa shape index (κ2) is 3.52. The first-order valence-corrected chi connectivity index (χ1v) is 10.3. The van der Waals surface area contributed by atoms with Crippen molar-refractivity contribution < 1.29 is 0 Å². The molecular weight excluding hydrogens is 288 g/mol. The highest BCUT2D eigenvalue weighted by molar-refractivity contribution is 5.84. The lowest BCUT2D eigenvalue weighted by Crippen LogP contribution is -2.07. The molecule has 0 heterocycles. The van der Waals surface area contributed by atoms with Crippen LogP contribution in [-0.2, 0) is 0 Å². The van der Waals surface area contributed by atoms with E-state index in [0.717, 1.165) is 23.7 Å². The van der Waals surface area contributed by atoms with Gasteiger partial charge in [-0.2, -0.15) is 0 Å². The van der Waals surface area contributed by atoms with Crippen molar-refractivity contribution >= 4 is 0 Å². The summed E-state index contributed by atoms with van der Waals surface area (Å²) in [6.07, 6.45) is 16.4. The van der Waals surface area contributed by atoms with Crippen molar-refractivity contribution in [1.29, 1.82) is 0 Å². The van der Waals surface area contributed by atoms with Gasteiger partial charge in [-0.25, -0.2) is 0 Å². The van der Waals surface area contributed by atoms with E-state index in [4.69, 9.17) is 0 Å². The van der Waals surface area contributed by atoms with Gasteiger partial charge in [-0.3, -0.25) is 0 Å². The van der Waals surface area contributed by atoms with Crippen LogP contribution in [-0.4, -0.2) is 0 Å². The highest BCUT2D eigenvalue weighted by Gasteiger charge is 2.54. The highest BCUT2D eigenvalue weighted by Crippen LogP contribution is 2.68. The molecule has 0 nitrogen and oxygen atoms in total. The van der Waals surface area contributed by atoms with E-state index in [0.29, 0.717) is 0 Å². The first kappa shape index (κ1) is 11.9. The van der Waals surface area contributed by atoms with Crippen molar-refractivity contribution in [1.82, 2.24) is 0 Å². The lowest BCUT2D eigenvalue weighted by atomic mass is 9.85. The Kier molecular flexibility index (Phi) is 1.75. The van der Waals surface area contributed by atoms with Crippen LogP contribution in [0.4, 0.5) is 0 Å². The van der Waals surface area contributed by atoms with Gasteiger partial charge in [-0.15, -0.1) is 0 Å². The molecule has 4 atom stereocenters. The van der Waals surface area contributed by atoms with E-state index in [2.05, 4.69) is 12.2 Å². The Morgan fingerprint density at radius 1 is 0.750 bits per heavy atom. The Labute approximate surface area is 143 Å². The standard InChI is InChI=1S/C24H22/c1-5-15-16-6-3-13-10-14-4-8-18-17-7-2-12-9-11(1)19(15)23(21(13)16)24(20(12)17)22(14)18/h1,5,12-14,18H,2-4,6-10H2/t12-,13?,14+,18?/m1/s1. The van der Waals surface area contributed by atoms with E-state index in [-0.39, 0.29) is 0 Å². The van der Waals surface area contributed by atoms with Gasteiger partial charge in [0.25, 0.3) is 0 Å². The highest BCUT2D eigenvalue weighted by atomic mass is 14.6. The molecule has 8 aliphatic rings. The Hall–Kier alpha value is -1.56. The number of hydrogen-bond acceptors (Lipinski definition) is 0. The van der Waals surface area contributed by atoms with Crippen LogP contribution < -0.4 is 0 Å². The molecule has 2 saturated carbocycles. The molecule has 0 amide bonds. The minimum absolute atomic E-state index is 0.848. The predicted molar refractivity (Wildman–Crippen MR) is 95.2 cm³/mol. The maximum atomic E-state index is 2.49. The minimum Gasteiger partial charge on any atom is -0.0589 e. The monoisotopic (exact) mass is 310 g/mol. The predicted octanol–water partition coefficient (Wildman–Crippen LogP) is 5.72. The summed E-state index contributed by atoms with van der Waals surface area (Å²) >= 11 is 0. The van der Waals surface area contributed by atoms with Crippen molar-refractivity contribution in [3.8, 4) is 0 Å². The van der Waals surface area contributed by atoms with Crippen LogP contribution in [0.1, 0.15) is 51.4 Å². The molecule has 0 aromatic rings. The Morgan fingerprint density at radius 2 is 1.71 bits per heavy atom. The number of fused-ring (bicyclic) bond motifs is 1. The molecular formula is C24H22. The minimum atomic E-state index is 0.848.